The molecular weight excluding hydrogens is 330 g/mol. The number of nitro benzene ring substituents is 1. The van der Waals surface area contributed by atoms with Crippen molar-refractivity contribution < 1.29 is 14.3 Å². The third-order valence-electron chi connectivity index (χ3n) is 4.78. The molecule has 0 spiro atoms. The van der Waals surface area contributed by atoms with Crippen molar-refractivity contribution in [3.05, 3.63) is 63.5 Å². The van der Waals surface area contributed by atoms with Crippen molar-refractivity contribution in [2.24, 2.45) is 0 Å². The summed E-state index contributed by atoms with van der Waals surface area (Å²) in [7, 11) is 0. The fourth-order valence-electron chi connectivity index (χ4n) is 3.01. The predicted octanol–water partition coefficient (Wildman–Crippen LogP) is 4.04. The van der Waals surface area contributed by atoms with Gasteiger partial charge in [0.2, 0.25) is 6.54 Å². The number of aromatic nitrogens is 1. The number of aryl methyl sites for hydroxylation is 2. The summed E-state index contributed by atoms with van der Waals surface area (Å²) in [6, 6.07) is 7.20. The second-order valence-corrected chi connectivity index (χ2v) is 6.58. The lowest BCUT2D eigenvalue weighted by Gasteiger charge is -2.11. The normalized spacial score (nSPS) is 10.8. The third kappa shape index (κ3) is 4.65. The molecule has 26 heavy (non-hydrogen) atoms. The van der Waals surface area contributed by atoms with Crippen molar-refractivity contribution in [2.45, 2.75) is 53.0 Å². The van der Waals surface area contributed by atoms with Crippen LogP contribution in [0.3, 0.4) is 0 Å². The largest absolute Gasteiger partial charge is 0.315 e. The minimum atomic E-state index is -0.473. The monoisotopic (exact) mass is 356 g/mol. The average Bonchev–Trinajstić information content (AvgIpc) is 2.60. The van der Waals surface area contributed by atoms with E-state index in [1.807, 2.05) is 38.4 Å². The van der Waals surface area contributed by atoms with E-state index in [-0.39, 0.29) is 23.8 Å². The summed E-state index contributed by atoms with van der Waals surface area (Å²) in [5, 5.41) is 13.9. The molecule has 0 saturated carbocycles. The van der Waals surface area contributed by atoms with E-state index in [1.165, 1.54) is 11.6 Å². The molecule has 1 heterocycles. The molecule has 0 unspecified atom stereocenters. The highest BCUT2D eigenvalue weighted by Gasteiger charge is 2.19. The van der Waals surface area contributed by atoms with Crippen LogP contribution in [0, 0.1) is 24.0 Å². The summed E-state index contributed by atoms with van der Waals surface area (Å²) >= 11 is 0. The molecule has 2 aromatic rings. The van der Waals surface area contributed by atoms with E-state index in [1.54, 1.807) is 10.6 Å². The molecule has 0 fully saturated rings. The highest BCUT2D eigenvalue weighted by Crippen LogP contribution is 2.27. The number of benzene rings is 1. The Kier molecular flexibility index (Phi) is 6.44. The quantitative estimate of drug-likeness (QED) is 0.462. The summed E-state index contributed by atoms with van der Waals surface area (Å²) < 4.78 is 1.77. The lowest BCUT2D eigenvalue weighted by Crippen LogP contribution is -2.39. The Morgan fingerprint density at radius 1 is 1.15 bits per heavy atom. The number of pyridine rings is 1. The van der Waals surface area contributed by atoms with Crippen LogP contribution < -0.4 is 9.88 Å². The number of carbonyl (C=O) groups is 1. The minimum Gasteiger partial charge on any atom is -0.315 e. The maximum absolute atomic E-state index is 12.3. The van der Waals surface area contributed by atoms with E-state index in [0.717, 1.165) is 24.0 Å². The first kappa shape index (κ1) is 19.6. The molecule has 0 aliphatic rings. The first-order valence-electron chi connectivity index (χ1n) is 8.90. The summed E-state index contributed by atoms with van der Waals surface area (Å²) in [5.74, 6) is 0.230. The third-order valence-corrected chi connectivity index (χ3v) is 4.78. The number of amides is 1. The molecule has 0 radical (unpaired) electrons. The van der Waals surface area contributed by atoms with Crippen LogP contribution in [0.2, 0.25) is 0 Å². The van der Waals surface area contributed by atoms with Gasteiger partial charge in [0.25, 0.3) is 11.6 Å². The van der Waals surface area contributed by atoms with E-state index >= 15 is 0 Å². The lowest BCUT2D eigenvalue weighted by molar-refractivity contribution is -0.684. The molecule has 6 nitrogen and oxygen atoms in total. The maximum atomic E-state index is 12.3. The van der Waals surface area contributed by atoms with Gasteiger partial charge in [0, 0.05) is 18.2 Å². The van der Waals surface area contributed by atoms with Crippen LogP contribution in [0.5, 0.6) is 0 Å². The van der Waals surface area contributed by atoms with Gasteiger partial charge in [-0.05, 0) is 55.4 Å². The molecule has 6 heteroatoms. The van der Waals surface area contributed by atoms with Crippen LogP contribution in [-0.2, 0) is 11.3 Å². The van der Waals surface area contributed by atoms with Gasteiger partial charge in [-0.2, -0.15) is 4.57 Å². The fourth-order valence-corrected chi connectivity index (χ4v) is 3.01. The second kappa shape index (κ2) is 8.56. The molecule has 0 bridgehead atoms. The maximum Gasteiger partial charge on any atom is 0.293 e. The van der Waals surface area contributed by atoms with Crippen molar-refractivity contribution in [3.63, 3.8) is 0 Å². The first-order valence-corrected chi connectivity index (χ1v) is 8.90. The molecular formula is C20H26N3O3+. The van der Waals surface area contributed by atoms with Gasteiger partial charge in [-0.1, -0.05) is 13.8 Å². The van der Waals surface area contributed by atoms with Crippen molar-refractivity contribution in [1.82, 2.24) is 0 Å². The summed E-state index contributed by atoms with van der Waals surface area (Å²) in [6.45, 7) is 8.11. The molecule has 0 aliphatic heterocycles. The smallest absolute Gasteiger partial charge is 0.293 e. The molecule has 1 amide bonds. The second-order valence-electron chi connectivity index (χ2n) is 6.58. The lowest BCUT2D eigenvalue weighted by atomic mass is 9.95. The molecule has 0 atom stereocenters. The number of hydrogen-bond acceptors (Lipinski definition) is 3. The van der Waals surface area contributed by atoms with E-state index < -0.39 is 4.92 Å². The molecule has 1 N–H and O–H groups in total. The zero-order valence-corrected chi connectivity index (χ0v) is 15.8. The number of nitro groups is 1. The number of anilines is 1. The van der Waals surface area contributed by atoms with Crippen LogP contribution in [-0.4, -0.2) is 10.8 Å². The van der Waals surface area contributed by atoms with Gasteiger partial charge in [-0.3, -0.25) is 14.9 Å². The van der Waals surface area contributed by atoms with Gasteiger partial charge in [0.15, 0.2) is 12.4 Å². The number of hydrogen-bond donors (Lipinski definition) is 1. The van der Waals surface area contributed by atoms with Gasteiger partial charge >= 0.3 is 0 Å². The van der Waals surface area contributed by atoms with Crippen molar-refractivity contribution in [2.75, 3.05) is 5.32 Å². The molecule has 1 aromatic heterocycles. The van der Waals surface area contributed by atoms with E-state index in [0.29, 0.717) is 5.92 Å². The highest BCUT2D eigenvalue weighted by atomic mass is 16.6. The van der Waals surface area contributed by atoms with Crippen molar-refractivity contribution in [3.8, 4) is 0 Å². The van der Waals surface area contributed by atoms with Gasteiger partial charge in [0.05, 0.1) is 4.92 Å². The Morgan fingerprint density at radius 2 is 1.73 bits per heavy atom. The van der Waals surface area contributed by atoms with Crippen LogP contribution in [0.4, 0.5) is 11.4 Å². The van der Waals surface area contributed by atoms with E-state index in [4.69, 9.17) is 0 Å². The Morgan fingerprint density at radius 3 is 2.27 bits per heavy atom. The summed E-state index contributed by atoms with van der Waals surface area (Å²) in [6.07, 6.45) is 5.92. The minimum absolute atomic E-state index is 0.0875. The van der Waals surface area contributed by atoms with Crippen molar-refractivity contribution >= 4 is 17.3 Å². The Labute approximate surface area is 154 Å². The van der Waals surface area contributed by atoms with Crippen LogP contribution in [0.1, 0.15) is 49.3 Å². The van der Waals surface area contributed by atoms with Gasteiger partial charge in [0.1, 0.15) is 5.69 Å². The van der Waals surface area contributed by atoms with Crippen LogP contribution >= 0.6 is 0 Å². The SMILES string of the molecule is CCC(CC)c1cc[n+](CC(=O)Nc2cc(C)c(C)cc2[N+](=O)[O-])cc1. The standard InChI is InChI=1S/C20H25N3O3/c1-5-16(6-2)17-7-9-22(10-8-17)13-20(24)21-18-11-14(3)15(4)12-19(18)23(25)26/h7-12,16H,5-6,13H2,1-4H3/p+1. The van der Waals surface area contributed by atoms with E-state index in [9.17, 15) is 14.9 Å². The molecule has 0 saturated heterocycles. The van der Waals surface area contributed by atoms with Gasteiger partial charge in [-0.15, -0.1) is 0 Å². The summed E-state index contributed by atoms with van der Waals surface area (Å²) in [5.41, 5.74) is 3.12. The number of nitrogens with one attached hydrogen (secondary N) is 1. The van der Waals surface area contributed by atoms with Gasteiger partial charge in [-0.25, -0.2) is 0 Å². The molecule has 0 aliphatic carbocycles. The highest BCUT2D eigenvalue weighted by molar-refractivity contribution is 5.92. The van der Waals surface area contributed by atoms with Crippen LogP contribution in [0.15, 0.2) is 36.7 Å². The predicted molar refractivity (Wildman–Crippen MR) is 101 cm³/mol. The number of rotatable bonds is 7. The number of nitrogens with zero attached hydrogens (tertiary/aromatic N) is 2. The average molecular weight is 356 g/mol. The van der Waals surface area contributed by atoms with Crippen LogP contribution in [0.25, 0.3) is 0 Å². The Bertz CT molecular complexity index is 797. The summed E-state index contributed by atoms with van der Waals surface area (Å²) in [4.78, 5) is 23.1. The zero-order valence-electron chi connectivity index (χ0n) is 15.8. The Hall–Kier alpha value is -2.76. The topological polar surface area (TPSA) is 76.1 Å². The Balaban J connectivity index is 2.12. The van der Waals surface area contributed by atoms with Crippen molar-refractivity contribution in [1.29, 1.82) is 0 Å². The fraction of sp³-hybridized carbons (Fsp3) is 0.400. The molecule has 2 rings (SSSR count). The number of carbonyl (C=O) groups excluding carboxylic acids is 1. The zero-order chi connectivity index (χ0) is 19.3. The van der Waals surface area contributed by atoms with Gasteiger partial charge < -0.3 is 5.32 Å². The molecule has 138 valence electrons. The molecule has 1 aromatic carbocycles. The first-order chi connectivity index (χ1) is 12.3. The van der Waals surface area contributed by atoms with E-state index in [2.05, 4.69) is 19.2 Å².